The van der Waals surface area contributed by atoms with Crippen LogP contribution in [-0.4, -0.2) is 57.4 Å². The summed E-state index contributed by atoms with van der Waals surface area (Å²) in [5, 5.41) is 10.7. The molecule has 1 aliphatic heterocycles. The molecule has 1 saturated carbocycles. The second kappa shape index (κ2) is 8.50. The van der Waals surface area contributed by atoms with Crippen LogP contribution in [0.3, 0.4) is 0 Å². The number of nitrogens with one attached hydrogen (secondary N) is 2. The van der Waals surface area contributed by atoms with Crippen LogP contribution in [0, 0.1) is 6.92 Å². The quantitative estimate of drug-likeness (QED) is 0.591. The number of aryl methyl sites for hydroxylation is 2. The number of carboxylic acids is 1. The molecule has 12 heteroatoms. The maximum atomic E-state index is 13.1. The molecule has 0 amide bonds. The summed E-state index contributed by atoms with van der Waals surface area (Å²) < 4.78 is 32.4. The topological polar surface area (TPSA) is 111 Å². The number of halogens is 4. The Labute approximate surface area is 178 Å². The van der Waals surface area contributed by atoms with Crippen molar-refractivity contribution >= 4 is 38.8 Å². The average molecular weight is 492 g/mol. The lowest BCUT2D eigenvalue weighted by atomic mass is 9.83. The zero-order valence-corrected chi connectivity index (χ0v) is 17.9. The fraction of sp³-hybridized carbons (Fsp3) is 0.556. The van der Waals surface area contributed by atoms with E-state index in [4.69, 9.17) is 9.90 Å². The highest BCUT2D eigenvalue weighted by Crippen LogP contribution is 2.32. The highest BCUT2D eigenvalue weighted by molar-refractivity contribution is 9.10. The summed E-state index contributed by atoms with van der Waals surface area (Å²) in [6, 6.07) is 0.939. The second-order valence-corrected chi connectivity index (χ2v) is 7.88. The van der Waals surface area contributed by atoms with E-state index in [1.54, 1.807) is 0 Å². The molecule has 8 nitrogen and oxygen atoms in total. The lowest BCUT2D eigenvalue weighted by Crippen LogP contribution is -2.64. The van der Waals surface area contributed by atoms with Gasteiger partial charge in [0, 0.05) is 30.9 Å². The van der Waals surface area contributed by atoms with E-state index in [9.17, 15) is 18.0 Å². The van der Waals surface area contributed by atoms with Crippen LogP contribution < -0.4 is 15.6 Å². The number of hydrogen-bond donors (Lipinski definition) is 3. The van der Waals surface area contributed by atoms with Gasteiger partial charge in [0.15, 0.2) is 11.2 Å². The van der Waals surface area contributed by atoms with Gasteiger partial charge in [-0.15, -0.1) is 0 Å². The Kier molecular flexibility index (Phi) is 6.37. The number of carbonyl (C=O) groups is 1. The summed E-state index contributed by atoms with van der Waals surface area (Å²) in [6.45, 7) is 5.73. The normalized spacial score (nSPS) is 20.8. The number of rotatable bonds is 2. The van der Waals surface area contributed by atoms with Gasteiger partial charge in [-0.25, -0.2) is 14.8 Å². The number of alkyl halides is 3. The molecule has 1 saturated heterocycles. The van der Waals surface area contributed by atoms with Crippen LogP contribution in [0.5, 0.6) is 0 Å². The number of anilines is 1. The maximum Gasteiger partial charge on any atom is 0.490 e. The first-order valence-corrected chi connectivity index (χ1v) is 10.2. The Morgan fingerprint density at radius 3 is 2.53 bits per heavy atom. The van der Waals surface area contributed by atoms with Crippen molar-refractivity contribution in [1.29, 1.82) is 0 Å². The Hall–Kier alpha value is -2.21. The van der Waals surface area contributed by atoms with Gasteiger partial charge in [-0.3, -0.25) is 4.79 Å². The Bertz CT molecular complexity index is 1030. The van der Waals surface area contributed by atoms with Crippen molar-refractivity contribution in [3.63, 3.8) is 0 Å². The largest absolute Gasteiger partial charge is 0.490 e. The summed E-state index contributed by atoms with van der Waals surface area (Å²) in [5.74, 6) is -2.76. The molecule has 2 aromatic heterocycles. The average Bonchev–Trinajstić information content (AvgIpc) is 2.64. The summed E-state index contributed by atoms with van der Waals surface area (Å²) in [4.78, 5) is 36.6. The predicted octanol–water partition coefficient (Wildman–Crippen LogP) is 2.53. The molecule has 164 valence electrons. The SMILES string of the molecule is CCc1[nH]c2nc(C)c(Br)nc2c(=O)c1N1CCN[C@H]2CC[C@@H]21.O=C(O)C(F)(F)F. The fourth-order valence-electron chi connectivity index (χ4n) is 3.66. The van der Waals surface area contributed by atoms with Crippen molar-refractivity contribution in [3.05, 3.63) is 26.2 Å². The molecule has 2 aliphatic rings. The van der Waals surface area contributed by atoms with Crippen molar-refractivity contribution in [2.24, 2.45) is 0 Å². The number of H-pyrrole nitrogens is 1. The summed E-state index contributed by atoms with van der Waals surface area (Å²) in [7, 11) is 0. The molecule has 0 aromatic carbocycles. The minimum Gasteiger partial charge on any atom is -0.475 e. The van der Waals surface area contributed by atoms with Gasteiger partial charge in [-0.2, -0.15) is 13.2 Å². The molecule has 3 heterocycles. The van der Waals surface area contributed by atoms with Crippen LogP contribution in [0.1, 0.15) is 31.2 Å². The summed E-state index contributed by atoms with van der Waals surface area (Å²) >= 11 is 3.39. The van der Waals surface area contributed by atoms with Gasteiger partial charge in [0.05, 0.1) is 5.69 Å². The standard InChI is InChI=1S/C16H20BrN5O.C2HF3O2/c1-3-9-13(22-7-6-18-10-4-5-11(10)22)14(23)12-16(20-9)19-8(2)15(17)21-12;3-2(4,5)1(6)7/h10-11,18H,3-7H2,1-2H3,(H,19,20,23);(H,6,7)/t10-,11-;/m0./s1. The molecule has 0 bridgehead atoms. The van der Waals surface area contributed by atoms with Crippen molar-refractivity contribution in [2.75, 3.05) is 18.0 Å². The Balaban J connectivity index is 0.000000318. The number of piperazine rings is 1. The number of aromatic amines is 1. The van der Waals surface area contributed by atoms with Crippen LogP contribution in [0.15, 0.2) is 9.40 Å². The number of nitrogens with zero attached hydrogens (tertiary/aromatic N) is 3. The molecule has 2 fully saturated rings. The smallest absolute Gasteiger partial charge is 0.475 e. The lowest BCUT2D eigenvalue weighted by molar-refractivity contribution is -0.192. The van der Waals surface area contributed by atoms with E-state index in [1.165, 1.54) is 6.42 Å². The number of hydrogen-bond acceptors (Lipinski definition) is 6. The van der Waals surface area contributed by atoms with Crippen molar-refractivity contribution < 1.29 is 23.1 Å². The third-order valence-corrected chi connectivity index (χ3v) is 6.03. The molecule has 0 spiro atoms. The number of fused-ring (bicyclic) bond motifs is 2. The van der Waals surface area contributed by atoms with Gasteiger partial charge in [0.25, 0.3) is 0 Å². The van der Waals surface area contributed by atoms with Crippen LogP contribution in [-0.2, 0) is 11.2 Å². The number of carboxylic acid groups (broad SMARTS) is 1. The third-order valence-electron chi connectivity index (χ3n) is 5.28. The second-order valence-electron chi connectivity index (χ2n) is 7.13. The Morgan fingerprint density at radius 2 is 2.00 bits per heavy atom. The number of pyridine rings is 1. The summed E-state index contributed by atoms with van der Waals surface area (Å²) in [5.41, 5.74) is 3.54. The zero-order chi connectivity index (χ0) is 22.2. The first-order chi connectivity index (χ1) is 14.0. The van der Waals surface area contributed by atoms with Crippen LogP contribution >= 0.6 is 15.9 Å². The van der Waals surface area contributed by atoms with Crippen LogP contribution in [0.4, 0.5) is 18.9 Å². The highest BCUT2D eigenvalue weighted by atomic mass is 79.9. The molecule has 30 heavy (non-hydrogen) atoms. The third kappa shape index (κ3) is 4.29. The molecule has 3 N–H and O–H groups in total. The molecular weight excluding hydrogens is 471 g/mol. The van der Waals surface area contributed by atoms with E-state index in [1.807, 2.05) is 6.92 Å². The van der Waals surface area contributed by atoms with E-state index in [-0.39, 0.29) is 5.43 Å². The first-order valence-electron chi connectivity index (χ1n) is 9.43. The molecule has 0 unspecified atom stereocenters. The van der Waals surface area contributed by atoms with Gasteiger partial charge >= 0.3 is 12.1 Å². The molecule has 4 rings (SSSR count). The van der Waals surface area contributed by atoms with Crippen molar-refractivity contribution in [1.82, 2.24) is 20.3 Å². The first kappa shape index (κ1) is 22.5. The van der Waals surface area contributed by atoms with Gasteiger partial charge in [0.2, 0.25) is 5.43 Å². The monoisotopic (exact) mass is 491 g/mol. The van der Waals surface area contributed by atoms with E-state index in [2.05, 4.69) is 48.0 Å². The van der Waals surface area contributed by atoms with Gasteiger partial charge in [-0.05, 0) is 42.1 Å². The van der Waals surface area contributed by atoms with Gasteiger partial charge in [-0.1, -0.05) is 6.92 Å². The molecule has 1 aliphatic carbocycles. The zero-order valence-electron chi connectivity index (χ0n) is 16.3. The predicted molar refractivity (Wildman–Crippen MR) is 108 cm³/mol. The van der Waals surface area contributed by atoms with Crippen molar-refractivity contribution in [2.45, 2.75) is 51.4 Å². The molecule has 2 aromatic rings. The van der Waals surface area contributed by atoms with Gasteiger partial charge < -0.3 is 20.3 Å². The number of aliphatic carboxylic acids is 1. The molecular formula is C18H21BrF3N5O3. The number of aromatic nitrogens is 3. The van der Waals surface area contributed by atoms with E-state index in [0.717, 1.165) is 43.0 Å². The maximum absolute atomic E-state index is 13.1. The highest BCUT2D eigenvalue weighted by Gasteiger charge is 2.40. The Morgan fingerprint density at radius 1 is 1.33 bits per heavy atom. The van der Waals surface area contributed by atoms with Gasteiger partial charge in [0.1, 0.15) is 10.3 Å². The van der Waals surface area contributed by atoms with E-state index >= 15 is 0 Å². The molecule has 2 atom stereocenters. The van der Waals surface area contributed by atoms with Crippen LogP contribution in [0.2, 0.25) is 0 Å². The fourth-order valence-corrected chi connectivity index (χ4v) is 3.93. The van der Waals surface area contributed by atoms with E-state index in [0.29, 0.717) is 27.9 Å². The lowest BCUT2D eigenvalue weighted by Gasteiger charge is -2.50. The molecule has 0 radical (unpaired) electrons. The van der Waals surface area contributed by atoms with E-state index < -0.39 is 12.1 Å². The minimum atomic E-state index is -5.08. The van der Waals surface area contributed by atoms with Crippen molar-refractivity contribution in [3.8, 4) is 0 Å². The minimum absolute atomic E-state index is 0.00338. The summed E-state index contributed by atoms with van der Waals surface area (Å²) in [6.07, 6.45) is -1.97. The van der Waals surface area contributed by atoms with Crippen LogP contribution in [0.25, 0.3) is 11.2 Å².